The number of nitrogens with zero attached hydrogens (tertiary/aromatic N) is 1. The Balaban J connectivity index is 2.03. The lowest BCUT2D eigenvalue weighted by molar-refractivity contribution is -0.118. The van der Waals surface area contributed by atoms with Gasteiger partial charge in [0.05, 0.1) is 15.0 Å². The molecule has 0 radical (unpaired) electrons. The molecule has 1 saturated heterocycles. The van der Waals surface area contributed by atoms with E-state index in [0.717, 1.165) is 24.6 Å². The Bertz CT molecular complexity index is 743. The number of carbonyl (C=O) groups is 2. The fourth-order valence-electron chi connectivity index (χ4n) is 2.24. The maximum Gasteiger partial charge on any atom is 0.264 e. The molecule has 0 aromatic heterocycles. The van der Waals surface area contributed by atoms with Crippen LogP contribution in [-0.2, 0) is 9.59 Å². The first kappa shape index (κ1) is 20.8. The molecule has 1 heterocycles. The van der Waals surface area contributed by atoms with Gasteiger partial charge >= 0.3 is 0 Å². The van der Waals surface area contributed by atoms with Crippen molar-refractivity contribution in [3.8, 4) is 0 Å². The summed E-state index contributed by atoms with van der Waals surface area (Å²) >= 11 is 13.2. The molecule has 140 valence electrons. The number of amidine groups is 1. The summed E-state index contributed by atoms with van der Waals surface area (Å²) in [5.74, 6) is -0.0860. The van der Waals surface area contributed by atoms with Crippen LogP contribution in [0.3, 0.4) is 0 Å². The van der Waals surface area contributed by atoms with E-state index >= 15 is 0 Å². The number of carbonyl (C=O) groups excluding carboxylic acids is 2. The zero-order valence-corrected chi connectivity index (χ0v) is 17.1. The zero-order chi connectivity index (χ0) is 19.3. The summed E-state index contributed by atoms with van der Waals surface area (Å²) in [6.45, 7) is 6.23. The molecule has 8 heteroatoms. The molecule has 1 aromatic rings. The monoisotopic (exact) mass is 413 g/mol. The van der Waals surface area contributed by atoms with Gasteiger partial charge in [0.1, 0.15) is 5.69 Å². The molecule has 0 bridgehead atoms. The van der Waals surface area contributed by atoms with Crippen LogP contribution in [0.25, 0.3) is 0 Å². The fraction of sp³-hybridized carbons (Fsp3) is 0.389. The van der Waals surface area contributed by atoms with E-state index in [-0.39, 0.29) is 22.8 Å². The molecule has 1 aromatic carbocycles. The Morgan fingerprint density at radius 2 is 1.92 bits per heavy atom. The molecule has 0 spiro atoms. The number of aliphatic imine (C=N–C) groups is 1. The van der Waals surface area contributed by atoms with Gasteiger partial charge in [-0.25, -0.2) is 4.99 Å². The smallest absolute Gasteiger partial charge is 0.264 e. The van der Waals surface area contributed by atoms with E-state index in [1.54, 1.807) is 18.2 Å². The van der Waals surface area contributed by atoms with Crippen LogP contribution >= 0.6 is 35.0 Å². The van der Waals surface area contributed by atoms with Gasteiger partial charge < -0.3 is 10.6 Å². The number of halogens is 2. The van der Waals surface area contributed by atoms with Crippen molar-refractivity contribution in [1.82, 2.24) is 10.6 Å². The first-order chi connectivity index (χ1) is 12.3. The highest BCUT2D eigenvalue weighted by atomic mass is 35.5. The summed E-state index contributed by atoms with van der Waals surface area (Å²) in [6, 6.07) is 5.09. The normalized spacial score (nSPS) is 18.5. The Morgan fingerprint density at radius 1 is 1.27 bits per heavy atom. The van der Waals surface area contributed by atoms with Crippen molar-refractivity contribution in [3.05, 3.63) is 39.2 Å². The average molecular weight is 414 g/mol. The number of nitrogens with one attached hydrogen (secondary N) is 2. The summed E-state index contributed by atoms with van der Waals surface area (Å²) in [6.07, 6.45) is 3.22. The van der Waals surface area contributed by atoms with E-state index in [9.17, 15) is 9.59 Å². The standard InChI is InChI=1S/C18H21Cl2N3O2S/c1-10(2)7-8-11(3)21-15(24)9-14-17(25)23-18(26-14)22-16-12(19)5-4-6-13(16)20/h4-6,9-11H,7-8H2,1-3H3,(H,21,24)(H,22,23,25). The minimum atomic E-state index is -0.373. The topological polar surface area (TPSA) is 70.6 Å². The Morgan fingerprint density at radius 3 is 2.54 bits per heavy atom. The minimum Gasteiger partial charge on any atom is -0.350 e. The van der Waals surface area contributed by atoms with Gasteiger partial charge in [0.2, 0.25) is 5.91 Å². The number of rotatable bonds is 6. The van der Waals surface area contributed by atoms with Crippen LogP contribution < -0.4 is 10.6 Å². The van der Waals surface area contributed by atoms with E-state index in [1.165, 1.54) is 6.08 Å². The fourth-order valence-corrected chi connectivity index (χ4v) is 3.52. The van der Waals surface area contributed by atoms with Crippen LogP contribution in [0.15, 0.2) is 34.2 Å². The van der Waals surface area contributed by atoms with Gasteiger partial charge in [-0.2, -0.15) is 0 Å². The molecule has 0 aliphatic carbocycles. The molecular formula is C18H21Cl2N3O2S. The van der Waals surface area contributed by atoms with Gasteiger partial charge in [-0.1, -0.05) is 43.1 Å². The van der Waals surface area contributed by atoms with Crippen molar-refractivity contribution >= 4 is 57.6 Å². The Hall–Kier alpha value is -1.50. The van der Waals surface area contributed by atoms with E-state index in [2.05, 4.69) is 29.5 Å². The highest BCUT2D eigenvalue weighted by Gasteiger charge is 2.25. The van der Waals surface area contributed by atoms with Crippen molar-refractivity contribution < 1.29 is 9.59 Å². The number of hydrogen-bond donors (Lipinski definition) is 2. The van der Waals surface area contributed by atoms with E-state index in [0.29, 0.717) is 26.8 Å². The molecule has 0 saturated carbocycles. The molecule has 2 amide bonds. The number of amides is 2. The largest absolute Gasteiger partial charge is 0.350 e. The molecule has 1 unspecified atom stereocenters. The first-order valence-corrected chi connectivity index (χ1v) is 9.87. The molecule has 2 rings (SSSR count). The van der Waals surface area contributed by atoms with Crippen LogP contribution in [0.2, 0.25) is 10.0 Å². The highest BCUT2D eigenvalue weighted by molar-refractivity contribution is 8.18. The lowest BCUT2D eigenvalue weighted by Crippen LogP contribution is -2.31. The maximum atomic E-state index is 12.1. The number of hydrogen-bond acceptors (Lipinski definition) is 4. The third-order valence-corrected chi connectivity index (χ3v) is 5.15. The van der Waals surface area contributed by atoms with E-state index in [1.807, 2.05) is 6.92 Å². The minimum absolute atomic E-state index is 0.0475. The zero-order valence-electron chi connectivity index (χ0n) is 14.8. The average Bonchev–Trinajstić information content (AvgIpc) is 2.88. The summed E-state index contributed by atoms with van der Waals surface area (Å²) in [5.41, 5.74) is 0.381. The van der Waals surface area contributed by atoms with Crippen molar-refractivity contribution in [1.29, 1.82) is 0 Å². The van der Waals surface area contributed by atoms with Crippen LogP contribution in [0.4, 0.5) is 5.69 Å². The summed E-state index contributed by atoms with van der Waals surface area (Å²) in [7, 11) is 0. The quantitative estimate of drug-likeness (QED) is 0.665. The second-order valence-corrected chi connectivity index (χ2v) is 8.28. The third kappa shape index (κ3) is 6.04. The summed E-state index contributed by atoms with van der Waals surface area (Å²) < 4.78 is 0. The molecule has 1 aliphatic heterocycles. The van der Waals surface area contributed by atoms with Gasteiger partial charge in [0.15, 0.2) is 5.17 Å². The molecule has 5 nitrogen and oxygen atoms in total. The summed E-state index contributed by atoms with van der Waals surface area (Å²) in [5, 5.41) is 6.59. The van der Waals surface area contributed by atoms with Crippen molar-refractivity contribution in [2.75, 3.05) is 0 Å². The molecule has 2 N–H and O–H groups in total. The number of para-hydroxylation sites is 1. The second-order valence-electron chi connectivity index (χ2n) is 6.43. The van der Waals surface area contributed by atoms with Crippen molar-refractivity contribution in [2.45, 2.75) is 39.7 Å². The Kier molecular flexibility index (Phi) is 7.55. The van der Waals surface area contributed by atoms with Crippen LogP contribution in [0.1, 0.15) is 33.6 Å². The first-order valence-electron chi connectivity index (χ1n) is 8.30. The van der Waals surface area contributed by atoms with Gasteiger partial charge in [0.25, 0.3) is 5.91 Å². The second kappa shape index (κ2) is 9.44. The predicted molar refractivity (Wildman–Crippen MR) is 109 cm³/mol. The molecule has 1 fully saturated rings. The lowest BCUT2D eigenvalue weighted by atomic mass is 10.0. The molecule has 1 aliphatic rings. The number of thioether (sulfide) groups is 1. The molecular weight excluding hydrogens is 393 g/mol. The summed E-state index contributed by atoms with van der Waals surface area (Å²) in [4.78, 5) is 28.7. The maximum absolute atomic E-state index is 12.1. The van der Waals surface area contributed by atoms with Gasteiger partial charge in [-0.3, -0.25) is 9.59 Å². The van der Waals surface area contributed by atoms with Gasteiger partial charge in [-0.15, -0.1) is 0 Å². The van der Waals surface area contributed by atoms with Gasteiger partial charge in [-0.05, 0) is 49.6 Å². The third-order valence-electron chi connectivity index (χ3n) is 3.63. The Labute approximate surface area is 167 Å². The van der Waals surface area contributed by atoms with Crippen LogP contribution in [0, 0.1) is 5.92 Å². The SMILES string of the molecule is CC(C)CCC(C)NC(=O)C=C1SC(=Nc2c(Cl)cccc2Cl)NC1=O. The van der Waals surface area contributed by atoms with Crippen molar-refractivity contribution in [2.24, 2.45) is 10.9 Å². The van der Waals surface area contributed by atoms with E-state index in [4.69, 9.17) is 23.2 Å². The van der Waals surface area contributed by atoms with E-state index < -0.39 is 0 Å². The van der Waals surface area contributed by atoms with Crippen LogP contribution in [0.5, 0.6) is 0 Å². The highest BCUT2D eigenvalue weighted by Crippen LogP contribution is 2.35. The van der Waals surface area contributed by atoms with Gasteiger partial charge in [0, 0.05) is 12.1 Å². The van der Waals surface area contributed by atoms with Crippen LogP contribution in [-0.4, -0.2) is 23.0 Å². The predicted octanol–water partition coefficient (Wildman–Crippen LogP) is 4.67. The molecule has 1 atom stereocenters. The van der Waals surface area contributed by atoms with Crippen molar-refractivity contribution in [3.63, 3.8) is 0 Å². The number of benzene rings is 1. The molecule has 26 heavy (non-hydrogen) atoms. The lowest BCUT2D eigenvalue weighted by Gasteiger charge is -2.13.